The molecule has 0 atom stereocenters. The second-order valence-corrected chi connectivity index (χ2v) is 7.59. The van der Waals surface area contributed by atoms with Crippen molar-refractivity contribution < 1.29 is 38.0 Å². The molecule has 1 heterocycles. The summed E-state index contributed by atoms with van der Waals surface area (Å²) < 4.78 is 32.7. The molecule has 186 valence electrons. The van der Waals surface area contributed by atoms with E-state index in [4.69, 9.17) is 28.4 Å². The number of hydrogen-bond donors (Lipinski definition) is 1. The minimum atomic E-state index is -0.345. The van der Waals surface area contributed by atoms with Crippen molar-refractivity contribution in [2.24, 2.45) is 0 Å². The Hall–Kier alpha value is -4.66. The predicted octanol–water partition coefficient (Wildman–Crippen LogP) is 4.35. The first-order valence-corrected chi connectivity index (χ1v) is 10.9. The molecule has 0 spiro atoms. The fraction of sp³-hybridized carbons (Fsp3) is 0.185. The third kappa shape index (κ3) is 5.05. The lowest BCUT2D eigenvalue weighted by Gasteiger charge is -2.14. The van der Waals surface area contributed by atoms with Crippen molar-refractivity contribution in [2.45, 2.75) is 0 Å². The summed E-state index contributed by atoms with van der Waals surface area (Å²) in [6.45, 7) is -0.227. The van der Waals surface area contributed by atoms with E-state index in [2.05, 4.69) is 5.32 Å². The van der Waals surface area contributed by atoms with E-state index in [1.165, 1.54) is 21.3 Å². The quantitative estimate of drug-likeness (QED) is 0.441. The van der Waals surface area contributed by atoms with E-state index in [9.17, 15) is 9.59 Å². The molecule has 1 aliphatic rings. The molecule has 4 rings (SSSR count). The molecule has 0 saturated heterocycles. The number of fused-ring (bicyclic) bond motifs is 1. The smallest absolute Gasteiger partial charge is 0.262 e. The minimum Gasteiger partial charge on any atom is -0.497 e. The maximum atomic E-state index is 12.9. The van der Waals surface area contributed by atoms with Gasteiger partial charge < -0.3 is 33.7 Å². The molecule has 9 heteroatoms. The van der Waals surface area contributed by atoms with Gasteiger partial charge in [-0.2, -0.15) is 0 Å². The lowest BCUT2D eigenvalue weighted by molar-refractivity contribution is -0.118. The number of benzene rings is 3. The highest BCUT2D eigenvalue weighted by molar-refractivity contribution is 6.14. The lowest BCUT2D eigenvalue weighted by Crippen LogP contribution is -2.20. The molecule has 0 aromatic heterocycles. The molecule has 1 N–H and O–H groups in total. The van der Waals surface area contributed by atoms with E-state index >= 15 is 0 Å². The Morgan fingerprint density at radius 1 is 0.889 bits per heavy atom. The molecule has 1 amide bonds. The van der Waals surface area contributed by atoms with Crippen LogP contribution in [-0.4, -0.2) is 46.7 Å². The van der Waals surface area contributed by atoms with Crippen LogP contribution in [0.4, 0.5) is 5.69 Å². The zero-order chi connectivity index (χ0) is 25.7. The van der Waals surface area contributed by atoms with Crippen LogP contribution >= 0.6 is 0 Å². The van der Waals surface area contributed by atoms with Gasteiger partial charge in [0.25, 0.3) is 5.91 Å². The van der Waals surface area contributed by atoms with Gasteiger partial charge in [-0.05, 0) is 42.5 Å². The molecule has 0 aliphatic carbocycles. The number of nitrogens with one attached hydrogen (secondary N) is 1. The molecule has 0 fully saturated rings. The van der Waals surface area contributed by atoms with Crippen LogP contribution in [0.3, 0.4) is 0 Å². The van der Waals surface area contributed by atoms with Gasteiger partial charge in [0, 0.05) is 23.4 Å². The Labute approximate surface area is 208 Å². The third-order valence-electron chi connectivity index (χ3n) is 5.39. The summed E-state index contributed by atoms with van der Waals surface area (Å²) >= 11 is 0. The van der Waals surface area contributed by atoms with E-state index in [0.29, 0.717) is 51.3 Å². The van der Waals surface area contributed by atoms with Crippen LogP contribution in [-0.2, 0) is 4.79 Å². The summed E-state index contributed by atoms with van der Waals surface area (Å²) in [5.41, 5.74) is 1.55. The zero-order valence-corrected chi connectivity index (χ0v) is 20.2. The Morgan fingerprint density at radius 3 is 2.42 bits per heavy atom. The number of amides is 1. The molecule has 0 unspecified atom stereocenters. The predicted molar refractivity (Wildman–Crippen MR) is 133 cm³/mol. The summed E-state index contributed by atoms with van der Waals surface area (Å²) in [5, 5.41) is 2.74. The number of methoxy groups -OCH3 is 4. The van der Waals surface area contributed by atoms with Gasteiger partial charge in [0.1, 0.15) is 17.2 Å². The van der Waals surface area contributed by atoms with Gasteiger partial charge in [-0.3, -0.25) is 9.59 Å². The number of ether oxygens (including phenoxy) is 6. The first-order valence-electron chi connectivity index (χ1n) is 10.9. The standard InChI is InChI=1S/C27H25NO8/c1-31-18-7-5-6-17(13-18)28-24(29)15-35-19-9-10-20-22(14-19)36-23(25(20)30)12-16-8-11-21(32-2)27(34-4)26(16)33-3/h5-14H,15H2,1-4H3,(H,28,29). The Kier molecular flexibility index (Phi) is 7.29. The van der Waals surface area contributed by atoms with Gasteiger partial charge in [-0.25, -0.2) is 0 Å². The van der Waals surface area contributed by atoms with Crippen molar-refractivity contribution in [3.05, 3.63) is 71.5 Å². The second kappa shape index (κ2) is 10.7. The van der Waals surface area contributed by atoms with E-state index in [0.717, 1.165) is 0 Å². The average Bonchev–Trinajstić information content (AvgIpc) is 3.21. The first-order chi connectivity index (χ1) is 17.5. The third-order valence-corrected chi connectivity index (χ3v) is 5.39. The molecular formula is C27H25NO8. The topological polar surface area (TPSA) is 102 Å². The molecule has 0 bridgehead atoms. The highest BCUT2D eigenvalue weighted by Crippen LogP contribution is 2.42. The van der Waals surface area contributed by atoms with Crippen LogP contribution in [0.1, 0.15) is 15.9 Å². The highest BCUT2D eigenvalue weighted by Gasteiger charge is 2.29. The summed E-state index contributed by atoms with van der Waals surface area (Å²) in [6.07, 6.45) is 1.57. The maximum Gasteiger partial charge on any atom is 0.262 e. The summed E-state index contributed by atoms with van der Waals surface area (Å²) in [5.74, 6) is 2.13. The molecule has 36 heavy (non-hydrogen) atoms. The monoisotopic (exact) mass is 491 g/mol. The number of Topliss-reactive ketones (excluding diaryl/α,β-unsaturated/α-hetero) is 1. The highest BCUT2D eigenvalue weighted by atomic mass is 16.5. The van der Waals surface area contributed by atoms with Crippen LogP contribution in [0, 0.1) is 0 Å². The summed E-state index contributed by atoms with van der Waals surface area (Å²) in [4.78, 5) is 25.2. The average molecular weight is 491 g/mol. The number of carbonyl (C=O) groups excluding carboxylic acids is 2. The minimum absolute atomic E-state index is 0.114. The van der Waals surface area contributed by atoms with Gasteiger partial charge >= 0.3 is 0 Å². The van der Waals surface area contributed by atoms with Gasteiger partial charge in [0.2, 0.25) is 11.5 Å². The van der Waals surface area contributed by atoms with Crippen molar-refractivity contribution in [1.82, 2.24) is 0 Å². The van der Waals surface area contributed by atoms with Crippen LogP contribution < -0.4 is 33.7 Å². The number of anilines is 1. The molecule has 3 aromatic rings. The fourth-order valence-electron chi connectivity index (χ4n) is 3.68. The van der Waals surface area contributed by atoms with Gasteiger partial charge in [0.15, 0.2) is 23.9 Å². The Morgan fingerprint density at radius 2 is 1.69 bits per heavy atom. The van der Waals surface area contributed by atoms with Crippen LogP contribution in [0.15, 0.2) is 60.4 Å². The molecule has 9 nitrogen and oxygen atoms in total. The first kappa shape index (κ1) is 24.5. The summed E-state index contributed by atoms with van der Waals surface area (Å²) in [6, 6.07) is 15.2. The van der Waals surface area contributed by atoms with Crippen molar-refractivity contribution in [2.75, 3.05) is 40.4 Å². The van der Waals surface area contributed by atoms with Crippen molar-refractivity contribution in [1.29, 1.82) is 0 Å². The normalized spacial score (nSPS) is 13.0. The van der Waals surface area contributed by atoms with Crippen LogP contribution in [0.5, 0.6) is 34.5 Å². The maximum absolute atomic E-state index is 12.9. The Balaban J connectivity index is 1.47. The molecule has 3 aromatic carbocycles. The number of allylic oxidation sites excluding steroid dienone is 1. The van der Waals surface area contributed by atoms with Crippen molar-refractivity contribution in [3.63, 3.8) is 0 Å². The van der Waals surface area contributed by atoms with Crippen molar-refractivity contribution in [3.8, 4) is 34.5 Å². The SMILES string of the molecule is COc1cccc(NC(=O)COc2ccc3c(c2)OC(=Cc2ccc(OC)c(OC)c2OC)C3=O)c1. The lowest BCUT2D eigenvalue weighted by atomic mass is 10.1. The van der Waals surface area contributed by atoms with Gasteiger partial charge in [-0.15, -0.1) is 0 Å². The van der Waals surface area contributed by atoms with E-state index in [-0.39, 0.29) is 24.1 Å². The molecule has 1 aliphatic heterocycles. The molecule has 0 saturated carbocycles. The summed E-state index contributed by atoms with van der Waals surface area (Å²) in [7, 11) is 6.08. The largest absolute Gasteiger partial charge is 0.497 e. The number of rotatable bonds is 9. The van der Waals surface area contributed by atoms with Gasteiger partial charge in [-0.1, -0.05) is 6.07 Å². The van der Waals surface area contributed by atoms with E-state index in [1.807, 2.05) is 0 Å². The van der Waals surface area contributed by atoms with Crippen molar-refractivity contribution >= 4 is 23.5 Å². The number of ketones is 1. The van der Waals surface area contributed by atoms with Crippen LogP contribution in [0.25, 0.3) is 6.08 Å². The number of hydrogen-bond acceptors (Lipinski definition) is 8. The van der Waals surface area contributed by atoms with E-state index in [1.54, 1.807) is 67.8 Å². The fourth-order valence-corrected chi connectivity index (χ4v) is 3.68. The molecule has 0 radical (unpaired) electrons. The van der Waals surface area contributed by atoms with Crippen LogP contribution in [0.2, 0.25) is 0 Å². The zero-order valence-electron chi connectivity index (χ0n) is 20.2. The number of carbonyl (C=O) groups is 2. The Bertz CT molecular complexity index is 1330. The van der Waals surface area contributed by atoms with Gasteiger partial charge in [0.05, 0.1) is 34.0 Å². The molecular weight excluding hydrogens is 466 g/mol. The van der Waals surface area contributed by atoms with E-state index < -0.39 is 0 Å². The second-order valence-electron chi connectivity index (χ2n) is 7.59.